The van der Waals surface area contributed by atoms with E-state index in [0.717, 1.165) is 0 Å². The van der Waals surface area contributed by atoms with Crippen molar-refractivity contribution in [3.63, 3.8) is 0 Å². The number of hydrogen-bond donors (Lipinski definition) is 0. The van der Waals surface area contributed by atoms with Crippen molar-refractivity contribution in [2.75, 3.05) is 0 Å². The van der Waals surface area contributed by atoms with Gasteiger partial charge in [-0.3, -0.25) is 0 Å². The van der Waals surface area contributed by atoms with Gasteiger partial charge in [0.15, 0.2) is 0 Å². The minimum atomic E-state index is 0. The molecule has 4 heavy (non-hydrogen) atoms. The standard InChI is InChI=1S/Ga.GeH4.Na.Y.4H/h;1H4;;;;;;/q;;+1;;;;;-1. The Hall–Kier alpha value is 3.28. The van der Waals surface area contributed by atoms with Crippen molar-refractivity contribution in [1.29, 1.82) is 0 Å². The summed E-state index contributed by atoms with van der Waals surface area (Å²) in [6, 6.07) is 0. The van der Waals surface area contributed by atoms with E-state index in [9.17, 15) is 0 Å². The second-order valence-corrected chi connectivity index (χ2v) is 0. The average Bonchev–Trinajstić information content (AvgIpc) is 0. The van der Waals surface area contributed by atoms with Crippen LogP contribution in [-0.2, 0) is 32.7 Å². The van der Waals surface area contributed by atoms with Gasteiger partial charge in [0.2, 0.25) is 0 Å². The molecule has 0 aliphatic carbocycles. The predicted octanol–water partition coefficient (Wildman–Crippen LogP) is -5.52. The Morgan fingerprint density at radius 2 is 1.25 bits per heavy atom. The van der Waals surface area contributed by atoms with Crippen molar-refractivity contribution in [3.8, 4) is 0 Å². The maximum atomic E-state index is 0. The Morgan fingerprint density at radius 3 is 1.25 bits per heavy atom. The van der Waals surface area contributed by atoms with Crippen molar-refractivity contribution in [2.24, 2.45) is 0 Å². The fraction of sp³-hybridized carbons (Fsp3) is 0. The molecular formula is H8GaGeNaY. The molecule has 0 N–H and O–H groups in total. The van der Waals surface area contributed by atoms with E-state index in [2.05, 4.69) is 0 Å². The SMILES string of the molecule is [GaH3].[GeH4].[H-].[Na+].[Y]. The topological polar surface area (TPSA) is 0 Å². The largest absolute Gasteiger partial charge is 1.00 e. The summed E-state index contributed by atoms with van der Waals surface area (Å²) >= 11 is 0. The molecule has 0 aromatic carbocycles. The van der Waals surface area contributed by atoms with Crippen LogP contribution < -0.4 is 29.6 Å². The molecule has 0 aromatic heterocycles. The molecule has 0 aliphatic rings. The Bertz CT molecular complexity index is 11.6. The molecule has 0 spiro atoms. The predicted molar refractivity (Wildman–Crippen MR) is 22.4 cm³/mol. The van der Waals surface area contributed by atoms with E-state index < -0.39 is 0 Å². The molecule has 0 saturated heterocycles. The van der Waals surface area contributed by atoms with Crippen LogP contribution in [0.5, 0.6) is 0 Å². The van der Waals surface area contributed by atoms with Crippen molar-refractivity contribution in [3.05, 3.63) is 0 Å². The molecule has 0 unspecified atom stereocenters. The second kappa shape index (κ2) is 16.3. The van der Waals surface area contributed by atoms with Crippen LogP contribution in [0.15, 0.2) is 0 Å². The smallest absolute Gasteiger partial charge is 1.00 e. The minimum Gasteiger partial charge on any atom is -1.00 e. The van der Waals surface area contributed by atoms with Gasteiger partial charge in [-0.25, -0.2) is 0 Å². The molecule has 0 bridgehead atoms. The zero-order valence-corrected chi connectivity index (χ0v) is 6.42. The van der Waals surface area contributed by atoms with E-state index in [4.69, 9.17) is 0 Å². The Labute approximate surface area is 98.9 Å². The first kappa shape index (κ1) is 26.7. The van der Waals surface area contributed by atoms with E-state index in [1.807, 2.05) is 0 Å². The first-order valence-electron chi connectivity index (χ1n) is 0. The second-order valence-electron chi connectivity index (χ2n) is 0. The van der Waals surface area contributed by atoms with Crippen LogP contribution in [-0.4, -0.2) is 37.4 Å². The molecule has 0 saturated carbocycles. The molecule has 0 rings (SSSR count). The van der Waals surface area contributed by atoms with E-state index in [1.165, 1.54) is 0 Å². The third-order valence-electron chi connectivity index (χ3n) is 0. The van der Waals surface area contributed by atoms with Crippen molar-refractivity contribution in [1.82, 2.24) is 0 Å². The van der Waals surface area contributed by atoms with Crippen molar-refractivity contribution in [2.45, 2.75) is 0 Å². The van der Waals surface area contributed by atoms with Crippen LogP contribution in [0.2, 0.25) is 0 Å². The van der Waals surface area contributed by atoms with Crippen molar-refractivity contribution >= 4 is 37.4 Å². The normalized spacial score (nSPS) is 0. The molecule has 0 amide bonds. The van der Waals surface area contributed by atoms with Crippen LogP contribution >= 0.6 is 0 Å². The molecule has 0 atom stereocenters. The summed E-state index contributed by atoms with van der Waals surface area (Å²) in [6.45, 7) is 0. The van der Waals surface area contributed by atoms with Crippen LogP contribution in [0.25, 0.3) is 0 Å². The summed E-state index contributed by atoms with van der Waals surface area (Å²) in [5.41, 5.74) is 0. The van der Waals surface area contributed by atoms with Crippen LogP contribution in [0.1, 0.15) is 1.43 Å². The molecule has 0 heterocycles. The van der Waals surface area contributed by atoms with Gasteiger partial charge in [0, 0.05) is 32.7 Å². The zero-order valence-electron chi connectivity index (χ0n) is 2.58. The summed E-state index contributed by atoms with van der Waals surface area (Å²) in [5, 5.41) is 0. The summed E-state index contributed by atoms with van der Waals surface area (Å²) < 4.78 is 0. The van der Waals surface area contributed by atoms with Gasteiger partial charge in [0.25, 0.3) is 0 Å². The summed E-state index contributed by atoms with van der Waals surface area (Å²) in [5.74, 6) is 0. The number of rotatable bonds is 0. The molecule has 1 radical (unpaired) electrons. The molecular weight excluding hydrogens is 254 g/mol. The van der Waals surface area contributed by atoms with E-state index >= 15 is 0 Å². The van der Waals surface area contributed by atoms with Crippen LogP contribution in [0, 0.1) is 0 Å². The first-order chi connectivity index (χ1) is 0. The first-order valence-corrected chi connectivity index (χ1v) is 0. The minimum absolute atomic E-state index is 0. The molecule has 4 heteroatoms. The molecule has 0 nitrogen and oxygen atoms in total. The third kappa shape index (κ3) is 8.99. The fourth-order valence-corrected chi connectivity index (χ4v) is 0. The third-order valence-corrected chi connectivity index (χ3v) is 0. The van der Waals surface area contributed by atoms with Gasteiger partial charge in [-0.1, -0.05) is 0 Å². The van der Waals surface area contributed by atoms with Crippen LogP contribution in [0.3, 0.4) is 0 Å². The summed E-state index contributed by atoms with van der Waals surface area (Å²) in [4.78, 5) is 0. The van der Waals surface area contributed by atoms with Crippen LogP contribution in [0.4, 0.5) is 0 Å². The molecule has 0 aromatic rings. The molecule has 0 fully saturated rings. The molecule has 0 aliphatic heterocycles. The van der Waals surface area contributed by atoms with Gasteiger partial charge in [-0.15, -0.1) is 0 Å². The number of hydrogen-bond acceptors (Lipinski definition) is 0. The summed E-state index contributed by atoms with van der Waals surface area (Å²) in [6.07, 6.45) is 0. The Morgan fingerprint density at radius 1 is 1.25 bits per heavy atom. The van der Waals surface area contributed by atoms with Gasteiger partial charge in [0.1, 0.15) is 0 Å². The Kier molecular flexibility index (Phi) is 108. The monoisotopic (exact) mass is 263 g/mol. The van der Waals surface area contributed by atoms with Gasteiger partial charge in [0.05, 0.1) is 0 Å². The summed E-state index contributed by atoms with van der Waals surface area (Å²) in [7, 11) is 0. The maximum absolute atomic E-state index is 0. The average molecular weight is 262 g/mol. The van der Waals surface area contributed by atoms with E-state index in [0.29, 0.717) is 0 Å². The van der Waals surface area contributed by atoms with Gasteiger partial charge < -0.3 is 1.43 Å². The maximum Gasteiger partial charge on any atom is 1.00 e. The van der Waals surface area contributed by atoms with Gasteiger partial charge in [-0.05, 0) is 0 Å². The van der Waals surface area contributed by atoms with Gasteiger partial charge in [-0.2, -0.15) is 0 Å². The quantitative estimate of drug-likeness (QED) is 0.382. The van der Waals surface area contributed by atoms with Gasteiger partial charge >= 0.3 is 66.9 Å². The molecule has 19 valence electrons. The zero-order chi connectivity index (χ0) is 0. The van der Waals surface area contributed by atoms with Crippen molar-refractivity contribution < 1.29 is 63.7 Å². The fourth-order valence-electron chi connectivity index (χ4n) is 0. The van der Waals surface area contributed by atoms with E-state index in [1.54, 1.807) is 0 Å². The Balaban J connectivity index is 0. The van der Waals surface area contributed by atoms with E-state index in [-0.39, 0.29) is 101 Å².